The van der Waals surface area contributed by atoms with Gasteiger partial charge in [-0.05, 0) is 29.8 Å². The standard InChI is InChI=1S/C22H19N3O7S/c1-31-19-12-11-17(13-20(19)32-2)24-22(26)23(14-15-7-9-16(10-8-15)25(27)28)18-5-3-4-6-21(18)33(24,29)30/h3-13H,14H2,1-2H3. The predicted molar refractivity (Wildman–Crippen MR) is 120 cm³/mol. The van der Waals surface area contributed by atoms with Gasteiger partial charge in [-0.15, -0.1) is 0 Å². The number of carbonyl (C=O) groups excluding carboxylic acids is 1. The zero-order valence-electron chi connectivity index (χ0n) is 17.7. The Morgan fingerprint density at radius 3 is 2.24 bits per heavy atom. The monoisotopic (exact) mass is 469 g/mol. The quantitative estimate of drug-likeness (QED) is 0.396. The second-order valence-electron chi connectivity index (χ2n) is 7.07. The number of hydrogen-bond donors (Lipinski definition) is 0. The molecular weight excluding hydrogens is 450 g/mol. The van der Waals surface area contributed by atoms with Gasteiger partial charge >= 0.3 is 6.03 Å². The number of nitro groups is 1. The number of rotatable bonds is 6. The molecule has 0 spiro atoms. The Kier molecular flexibility index (Phi) is 5.64. The molecule has 1 heterocycles. The largest absolute Gasteiger partial charge is 0.493 e. The van der Waals surface area contributed by atoms with Crippen LogP contribution in [0.1, 0.15) is 5.56 Å². The lowest BCUT2D eigenvalue weighted by molar-refractivity contribution is -0.384. The van der Waals surface area contributed by atoms with E-state index in [1.165, 1.54) is 67.7 Å². The smallest absolute Gasteiger partial charge is 0.343 e. The van der Waals surface area contributed by atoms with E-state index < -0.39 is 21.0 Å². The molecule has 0 N–H and O–H groups in total. The van der Waals surface area contributed by atoms with Crippen molar-refractivity contribution in [3.63, 3.8) is 0 Å². The van der Waals surface area contributed by atoms with Gasteiger partial charge in [0.05, 0.1) is 37.1 Å². The van der Waals surface area contributed by atoms with E-state index in [0.29, 0.717) is 15.6 Å². The highest BCUT2D eigenvalue weighted by Crippen LogP contribution is 2.40. The molecule has 11 heteroatoms. The first-order valence-electron chi connectivity index (χ1n) is 9.69. The Bertz CT molecular complexity index is 1340. The van der Waals surface area contributed by atoms with Crippen molar-refractivity contribution >= 4 is 33.1 Å². The van der Waals surface area contributed by atoms with Gasteiger partial charge in [0, 0.05) is 18.2 Å². The fraction of sp³-hybridized carbons (Fsp3) is 0.136. The molecule has 3 aromatic carbocycles. The summed E-state index contributed by atoms with van der Waals surface area (Å²) in [5.41, 5.74) is 0.812. The molecule has 170 valence electrons. The molecular formula is C22H19N3O7S. The van der Waals surface area contributed by atoms with E-state index in [4.69, 9.17) is 9.47 Å². The summed E-state index contributed by atoms with van der Waals surface area (Å²) in [6.07, 6.45) is 0. The molecule has 4 rings (SSSR count). The third-order valence-electron chi connectivity index (χ3n) is 5.17. The lowest BCUT2D eigenvalue weighted by Crippen LogP contribution is -2.50. The number of amides is 2. The predicted octanol–water partition coefficient (Wildman–Crippen LogP) is 3.95. The molecule has 1 aliphatic rings. The fourth-order valence-corrected chi connectivity index (χ4v) is 5.16. The number of non-ortho nitro benzene ring substituents is 1. The number of urea groups is 1. The van der Waals surface area contributed by atoms with E-state index in [0.717, 1.165) is 0 Å². The number of carbonyl (C=O) groups is 1. The number of nitrogens with zero attached hydrogens (tertiary/aromatic N) is 3. The fourth-order valence-electron chi connectivity index (χ4n) is 3.57. The van der Waals surface area contributed by atoms with E-state index in [-0.39, 0.29) is 34.3 Å². The molecule has 3 aromatic rings. The van der Waals surface area contributed by atoms with Crippen LogP contribution in [0.5, 0.6) is 11.5 Å². The van der Waals surface area contributed by atoms with Crippen LogP contribution in [-0.2, 0) is 16.6 Å². The third kappa shape index (κ3) is 3.82. The molecule has 0 bridgehead atoms. The minimum atomic E-state index is -4.22. The molecule has 0 aromatic heterocycles. The molecule has 10 nitrogen and oxygen atoms in total. The molecule has 0 saturated carbocycles. The number of fused-ring (bicyclic) bond motifs is 1. The Morgan fingerprint density at radius 2 is 1.61 bits per heavy atom. The number of benzene rings is 3. The van der Waals surface area contributed by atoms with Crippen molar-refractivity contribution in [2.75, 3.05) is 23.4 Å². The maximum absolute atomic E-state index is 13.5. The number of methoxy groups -OCH3 is 2. The summed E-state index contributed by atoms with van der Waals surface area (Å²) in [6, 6.07) is 15.5. The summed E-state index contributed by atoms with van der Waals surface area (Å²) in [4.78, 5) is 25.2. The maximum atomic E-state index is 13.5. The van der Waals surface area contributed by atoms with Crippen LogP contribution < -0.4 is 18.7 Å². The highest BCUT2D eigenvalue weighted by molar-refractivity contribution is 7.94. The maximum Gasteiger partial charge on any atom is 0.343 e. The van der Waals surface area contributed by atoms with Crippen LogP contribution in [0.15, 0.2) is 71.6 Å². The van der Waals surface area contributed by atoms with Crippen LogP contribution in [0, 0.1) is 10.1 Å². The van der Waals surface area contributed by atoms with Crippen LogP contribution >= 0.6 is 0 Å². The average Bonchev–Trinajstić information content (AvgIpc) is 2.82. The number of para-hydroxylation sites is 1. The van der Waals surface area contributed by atoms with Gasteiger partial charge in [0.1, 0.15) is 4.90 Å². The van der Waals surface area contributed by atoms with Gasteiger partial charge in [-0.1, -0.05) is 24.3 Å². The Balaban J connectivity index is 1.82. The van der Waals surface area contributed by atoms with Gasteiger partial charge in [-0.25, -0.2) is 13.2 Å². The molecule has 0 atom stereocenters. The van der Waals surface area contributed by atoms with Crippen molar-refractivity contribution < 1.29 is 27.6 Å². The van der Waals surface area contributed by atoms with Gasteiger partial charge in [0.15, 0.2) is 11.5 Å². The topological polar surface area (TPSA) is 119 Å². The Morgan fingerprint density at radius 1 is 0.939 bits per heavy atom. The Hall–Kier alpha value is -4.12. The van der Waals surface area contributed by atoms with Crippen molar-refractivity contribution in [2.45, 2.75) is 11.4 Å². The first-order valence-corrected chi connectivity index (χ1v) is 11.1. The van der Waals surface area contributed by atoms with Gasteiger partial charge < -0.3 is 9.47 Å². The molecule has 0 unspecified atom stereocenters. The first kappa shape index (κ1) is 22.1. The van der Waals surface area contributed by atoms with Crippen molar-refractivity contribution in [1.29, 1.82) is 0 Å². The van der Waals surface area contributed by atoms with Gasteiger partial charge in [-0.2, -0.15) is 4.31 Å². The number of sulfonamides is 1. The minimum Gasteiger partial charge on any atom is -0.493 e. The summed E-state index contributed by atoms with van der Waals surface area (Å²) in [5.74, 6) is 0.644. The zero-order chi connectivity index (χ0) is 23.8. The van der Waals surface area contributed by atoms with Gasteiger partial charge in [-0.3, -0.25) is 15.0 Å². The summed E-state index contributed by atoms with van der Waals surface area (Å²) in [7, 11) is -1.36. The highest BCUT2D eigenvalue weighted by atomic mass is 32.2. The Labute approximate surface area is 189 Å². The summed E-state index contributed by atoms with van der Waals surface area (Å²) in [5, 5.41) is 10.9. The van der Waals surface area contributed by atoms with Crippen molar-refractivity contribution in [2.24, 2.45) is 0 Å². The van der Waals surface area contributed by atoms with E-state index in [2.05, 4.69) is 0 Å². The second kappa shape index (κ2) is 8.43. The molecule has 1 aliphatic heterocycles. The van der Waals surface area contributed by atoms with Crippen molar-refractivity contribution in [3.8, 4) is 11.5 Å². The van der Waals surface area contributed by atoms with Crippen LogP contribution in [0.4, 0.5) is 21.9 Å². The van der Waals surface area contributed by atoms with Crippen LogP contribution in [0.2, 0.25) is 0 Å². The molecule has 33 heavy (non-hydrogen) atoms. The lowest BCUT2D eigenvalue weighted by Gasteiger charge is -2.36. The SMILES string of the molecule is COc1ccc(N2C(=O)N(Cc3ccc([N+](=O)[O-])cc3)c3ccccc3S2(=O)=O)cc1OC. The molecule has 0 radical (unpaired) electrons. The van der Waals surface area contributed by atoms with Crippen LogP contribution in [0.25, 0.3) is 0 Å². The van der Waals surface area contributed by atoms with E-state index in [1.807, 2.05) is 0 Å². The summed E-state index contributed by atoms with van der Waals surface area (Å²) < 4.78 is 38.0. The van der Waals surface area contributed by atoms with Gasteiger partial charge in [0.25, 0.3) is 15.7 Å². The molecule has 0 fully saturated rings. The summed E-state index contributed by atoms with van der Waals surface area (Å²) in [6.45, 7) is 0.00709. The van der Waals surface area contributed by atoms with E-state index in [1.54, 1.807) is 18.2 Å². The number of anilines is 2. The normalized spacial score (nSPS) is 14.5. The third-order valence-corrected chi connectivity index (χ3v) is 6.92. The zero-order valence-corrected chi connectivity index (χ0v) is 18.5. The molecule has 2 amide bonds. The number of ether oxygens (including phenoxy) is 2. The second-order valence-corrected chi connectivity index (χ2v) is 8.82. The first-order chi connectivity index (χ1) is 15.8. The highest BCUT2D eigenvalue weighted by Gasteiger charge is 2.42. The number of hydrogen-bond acceptors (Lipinski definition) is 7. The molecule has 0 aliphatic carbocycles. The van der Waals surface area contributed by atoms with Gasteiger partial charge in [0.2, 0.25) is 0 Å². The number of nitro benzene ring substituents is 1. The average molecular weight is 469 g/mol. The molecule has 0 saturated heterocycles. The van der Waals surface area contributed by atoms with E-state index in [9.17, 15) is 23.3 Å². The van der Waals surface area contributed by atoms with Crippen molar-refractivity contribution in [3.05, 3.63) is 82.4 Å². The van der Waals surface area contributed by atoms with Crippen molar-refractivity contribution in [1.82, 2.24) is 0 Å². The van der Waals surface area contributed by atoms with Crippen LogP contribution in [0.3, 0.4) is 0 Å². The minimum absolute atomic E-state index is 0.00709. The van der Waals surface area contributed by atoms with E-state index >= 15 is 0 Å². The summed E-state index contributed by atoms with van der Waals surface area (Å²) >= 11 is 0. The lowest BCUT2D eigenvalue weighted by atomic mass is 10.2. The van der Waals surface area contributed by atoms with Crippen LogP contribution in [-0.4, -0.2) is 33.6 Å².